The molecule has 0 atom stereocenters. The van der Waals surface area contributed by atoms with Crippen LogP contribution in [0.5, 0.6) is 0 Å². The van der Waals surface area contributed by atoms with Crippen molar-refractivity contribution in [2.75, 3.05) is 25.6 Å². The fraction of sp³-hybridized carbons (Fsp3) is 0.250. The van der Waals surface area contributed by atoms with Gasteiger partial charge in [0.15, 0.2) is 5.13 Å². The van der Waals surface area contributed by atoms with Crippen molar-refractivity contribution in [3.05, 3.63) is 35.2 Å². The Balaban J connectivity index is 2.11. The number of halogens is 2. The first-order chi connectivity index (χ1) is 8.70. The Labute approximate surface area is 114 Å². The van der Waals surface area contributed by atoms with E-state index in [1.807, 2.05) is 0 Å². The van der Waals surface area contributed by atoms with Crippen LogP contribution in [0.2, 0.25) is 5.02 Å². The fourth-order valence-corrected chi connectivity index (χ4v) is 2.35. The summed E-state index contributed by atoms with van der Waals surface area (Å²) in [4.78, 5) is 5.11. The van der Waals surface area contributed by atoms with Crippen LogP contribution in [-0.4, -0.2) is 25.2 Å². The largest absolute Gasteiger partial charge is 0.383 e. The molecular formula is C12H12ClFN2OS. The normalized spacial score (nSPS) is 10.6. The molecule has 0 radical (unpaired) electrons. The highest BCUT2D eigenvalue weighted by Gasteiger charge is 2.07. The topological polar surface area (TPSA) is 34.1 Å². The Morgan fingerprint density at radius 1 is 1.50 bits per heavy atom. The van der Waals surface area contributed by atoms with Crippen LogP contribution in [0.25, 0.3) is 10.4 Å². The number of ether oxygens (including phenoxy) is 1. The molecule has 0 aliphatic rings. The van der Waals surface area contributed by atoms with Gasteiger partial charge in [0.1, 0.15) is 5.82 Å². The molecule has 3 nitrogen and oxygen atoms in total. The lowest BCUT2D eigenvalue weighted by Gasteiger charge is -2.00. The van der Waals surface area contributed by atoms with Crippen molar-refractivity contribution in [1.29, 1.82) is 0 Å². The molecule has 96 valence electrons. The van der Waals surface area contributed by atoms with E-state index in [4.69, 9.17) is 16.3 Å². The third-order valence-corrected chi connectivity index (χ3v) is 3.60. The minimum Gasteiger partial charge on any atom is -0.383 e. The Hall–Kier alpha value is -1.17. The van der Waals surface area contributed by atoms with Gasteiger partial charge in [0.25, 0.3) is 0 Å². The Kier molecular flexibility index (Phi) is 4.52. The number of methoxy groups -OCH3 is 1. The van der Waals surface area contributed by atoms with Crippen molar-refractivity contribution in [2.24, 2.45) is 0 Å². The van der Waals surface area contributed by atoms with Gasteiger partial charge in [-0.05, 0) is 17.7 Å². The Bertz CT molecular complexity index is 533. The lowest BCUT2D eigenvalue weighted by molar-refractivity contribution is 0.211. The van der Waals surface area contributed by atoms with E-state index in [0.29, 0.717) is 13.2 Å². The predicted molar refractivity (Wildman–Crippen MR) is 72.9 cm³/mol. The van der Waals surface area contributed by atoms with Gasteiger partial charge in [0.05, 0.1) is 16.5 Å². The van der Waals surface area contributed by atoms with Crippen LogP contribution in [0.1, 0.15) is 0 Å². The van der Waals surface area contributed by atoms with Crippen molar-refractivity contribution in [3.8, 4) is 10.4 Å². The number of anilines is 1. The van der Waals surface area contributed by atoms with Gasteiger partial charge in [-0.2, -0.15) is 0 Å². The molecule has 0 unspecified atom stereocenters. The van der Waals surface area contributed by atoms with Gasteiger partial charge < -0.3 is 10.1 Å². The molecular weight excluding hydrogens is 275 g/mol. The summed E-state index contributed by atoms with van der Waals surface area (Å²) in [6.45, 7) is 1.31. The molecule has 0 bridgehead atoms. The first-order valence-corrected chi connectivity index (χ1v) is 6.54. The Morgan fingerprint density at radius 2 is 2.33 bits per heavy atom. The predicted octanol–water partition coefficient (Wildman–Crippen LogP) is 3.66. The summed E-state index contributed by atoms with van der Waals surface area (Å²) in [5.74, 6) is -0.420. The second-order valence-electron chi connectivity index (χ2n) is 3.58. The van der Waals surface area contributed by atoms with E-state index in [9.17, 15) is 4.39 Å². The maximum absolute atomic E-state index is 13.3. The highest BCUT2D eigenvalue weighted by atomic mass is 35.5. The maximum atomic E-state index is 13.3. The first-order valence-electron chi connectivity index (χ1n) is 5.35. The van der Waals surface area contributed by atoms with Crippen molar-refractivity contribution in [1.82, 2.24) is 4.98 Å². The third-order valence-electron chi connectivity index (χ3n) is 2.29. The number of nitrogens with zero attached hydrogens (tertiary/aromatic N) is 1. The summed E-state index contributed by atoms with van der Waals surface area (Å²) in [7, 11) is 1.64. The highest BCUT2D eigenvalue weighted by Crippen LogP contribution is 2.30. The smallest absolute Gasteiger partial charge is 0.183 e. The van der Waals surface area contributed by atoms with Crippen LogP contribution < -0.4 is 5.32 Å². The van der Waals surface area contributed by atoms with Gasteiger partial charge in [-0.15, -0.1) is 0 Å². The van der Waals surface area contributed by atoms with Crippen LogP contribution in [0.4, 0.5) is 9.52 Å². The maximum Gasteiger partial charge on any atom is 0.183 e. The third kappa shape index (κ3) is 3.19. The van der Waals surface area contributed by atoms with E-state index in [2.05, 4.69) is 10.3 Å². The van der Waals surface area contributed by atoms with E-state index >= 15 is 0 Å². The van der Waals surface area contributed by atoms with Crippen LogP contribution in [-0.2, 0) is 4.74 Å². The van der Waals surface area contributed by atoms with Crippen molar-refractivity contribution in [3.63, 3.8) is 0 Å². The quantitative estimate of drug-likeness (QED) is 0.852. The number of hydrogen-bond donors (Lipinski definition) is 1. The van der Waals surface area contributed by atoms with Gasteiger partial charge >= 0.3 is 0 Å². The molecule has 0 spiro atoms. The first kappa shape index (κ1) is 13.3. The summed E-state index contributed by atoms with van der Waals surface area (Å²) in [6, 6.07) is 4.73. The van der Waals surface area contributed by atoms with E-state index in [1.54, 1.807) is 25.4 Å². The number of thiazole rings is 1. The molecule has 1 N–H and O–H groups in total. The number of hydrogen-bond acceptors (Lipinski definition) is 4. The molecule has 0 saturated carbocycles. The average molecular weight is 287 g/mol. The second kappa shape index (κ2) is 6.13. The van der Waals surface area contributed by atoms with E-state index in [-0.39, 0.29) is 5.02 Å². The van der Waals surface area contributed by atoms with Crippen LogP contribution in [0.3, 0.4) is 0 Å². The van der Waals surface area contributed by atoms with E-state index in [0.717, 1.165) is 15.6 Å². The van der Waals surface area contributed by atoms with E-state index in [1.165, 1.54) is 17.4 Å². The summed E-state index contributed by atoms with van der Waals surface area (Å²) in [5.41, 5.74) is 0.772. The van der Waals surface area contributed by atoms with Crippen molar-refractivity contribution < 1.29 is 9.13 Å². The molecule has 2 aromatic rings. The minimum atomic E-state index is -0.420. The SMILES string of the molecule is COCCNc1ncc(-c2ccc(Cl)c(F)c2)s1. The van der Waals surface area contributed by atoms with Gasteiger partial charge in [-0.25, -0.2) is 9.37 Å². The van der Waals surface area contributed by atoms with Crippen LogP contribution in [0, 0.1) is 5.82 Å². The lowest BCUT2D eigenvalue weighted by atomic mass is 10.2. The molecule has 0 aliphatic carbocycles. The van der Waals surface area contributed by atoms with E-state index < -0.39 is 5.82 Å². The molecule has 1 heterocycles. The van der Waals surface area contributed by atoms with Gasteiger partial charge in [-0.1, -0.05) is 29.0 Å². The van der Waals surface area contributed by atoms with Gasteiger partial charge in [0, 0.05) is 19.9 Å². The van der Waals surface area contributed by atoms with Crippen molar-refractivity contribution in [2.45, 2.75) is 0 Å². The number of rotatable bonds is 5. The van der Waals surface area contributed by atoms with Crippen LogP contribution in [0.15, 0.2) is 24.4 Å². The summed E-state index contributed by atoms with van der Waals surface area (Å²) in [6.07, 6.45) is 1.71. The molecule has 1 aromatic heterocycles. The zero-order valence-corrected chi connectivity index (χ0v) is 11.3. The molecule has 0 aliphatic heterocycles. The fourth-order valence-electron chi connectivity index (χ4n) is 1.40. The number of benzene rings is 1. The minimum absolute atomic E-state index is 0.127. The lowest BCUT2D eigenvalue weighted by Crippen LogP contribution is -2.06. The second-order valence-corrected chi connectivity index (χ2v) is 5.02. The average Bonchev–Trinajstić information content (AvgIpc) is 2.82. The molecule has 2 rings (SSSR count). The Morgan fingerprint density at radius 3 is 3.06 bits per heavy atom. The van der Waals surface area contributed by atoms with Gasteiger partial charge in [0.2, 0.25) is 0 Å². The molecule has 18 heavy (non-hydrogen) atoms. The number of aromatic nitrogens is 1. The zero-order chi connectivity index (χ0) is 13.0. The summed E-state index contributed by atoms with van der Waals surface area (Å²) >= 11 is 7.11. The van der Waals surface area contributed by atoms with Gasteiger partial charge in [-0.3, -0.25) is 0 Å². The molecule has 0 fully saturated rings. The molecule has 6 heteroatoms. The zero-order valence-electron chi connectivity index (χ0n) is 9.74. The van der Waals surface area contributed by atoms with Crippen molar-refractivity contribution >= 4 is 28.1 Å². The molecule has 1 aromatic carbocycles. The summed E-state index contributed by atoms with van der Waals surface area (Å²) < 4.78 is 18.3. The number of nitrogens with one attached hydrogen (secondary N) is 1. The standard InChI is InChI=1S/C12H12ClFN2OS/c1-17-5-4-15-12-16-7-11(18-12)8-2-3-9(13)10(14)6-8/h2-3,6-7H,4-5H2,1H3,(H,15,16). The van der Waals surface area contributed by atoms with Crippen LogP contribution >= 0.6 is 22.9 Å². The summed E-state index contributed by atoms with van der Waals surface area (Å²) in [5, 5.41) is 4.04. The monoisotopic (exact) mass is 286 g/mol. The molecule has 0 saturated heterocycles. The molecule has 0 amide bonds. The highest BCUT2D eigenvalue weighted by molar-refractivity contribution is 7.18.